The molecule has 0 N–H and O–H groups in total. The Morgan fingerprint density at radius 3 is 2.84 bits per heavy atom. The van der Waals surface area contributed by atoms with Gasteiger partial charge in [0, 0.05) is 6.04 Å². The number of hydrogen-bond acceptors (Lipinski definition) is 4. The number of carbonyl (C=O) groups excluding carboxylic acids is 1. The van der Waals surface area contributed by atoms with Crippen molar-refractivity contribution in [2.75, 3.05) is 18.1 Å². The van der Waals surface area contributed by atoms with Gasteiger partial charge in [0.05, 0.1) is 17.9 Å². The van der Waals surface area contributed by atoms with Crippen molar-refractivity contribution in [3.8, 4) is 6.07 Å². The number of rotatable bonds is 5. The normalized spacial score (nSPS) is 13.7. The molecule has 1 aromatic carbocycles. The van der Waals surface area contributed by atoms with Crippen molar-refractivity contribution in [3.63, 3.8) is 0 Å². The molecule has 4 heteroatoms. The molecule has 0 aromatic heterocycles. The van der Waals surface area contributed by atoms with Crippen LogP contribution in [-0.2, 0) is 9.53 Å². The van der Waals surface area contributed by atoms with Crippen molar-refractivity contribution in [1.82, 2.24) is 0 Å². The SMILES string of the molecule is CCOC(=O)CN(c1c(C)cccc1C#N)C1CC1. The molecule has 0 saturated heterocycles. The van der Waals surface area contributed by atoms with Gasteiger partial charge in [0.15, 0.2) is 0 Å². The average Bonchev–Trinajstić information content (AvgIpc) is 3.20. The Bertz CT molecular complexity index is 515. The minimum atomic E-state index is -0.235. The highest BCUT2D eigenvalue weighted by atomic mass is 16.5. The summed E-state index contributed by atoms with van der Waals surface area (Å²) in [5, 5.41) is 9.24. The van der Waals surface area contributed by atoms with Crippen molar-refractivity contribution in [2.24, 2.45) is 0 Å². The molecule has 0 aliphatic heterocycles. The molecular weight excluding hydrogens is 240 g/mol. The first-order valence-electron chi connectivity index (χ1n) is 6.59. The van der Waals surface area contributed by atoms with E-state index in [1.807, 2.05) is 24.0 Å². The zero-order valence-electron chi connectivity index (χ0n) is 11.3. The molecule has 1 saturated carbocycles. The summed E-state index contributed by atoms with van der Waals surface area (Å²) in [7, 11) is 0. The Labute approximate surface area is 113 Å². The van der Waals surface area contributed by atoms with Gasteiger partial charge < -0.3 is 9.64 Å². The maximum absolute atomic E-state index is 11.7. The lowest BCUT2D eigenvalue weighted by molar-refractivity contribution is -0.141. The van der Waals surface area contributed by atoms with Gasteiger partial charge in [0.25, 0.3) is 0 Å². The van der Waals surface area contributed by atoms with Gasteiger partial charge in [0.1, 0.15) is 12.6 Å². The van der Waals surface area contributed by atoms with E-state index in [0.717, 1.165) is 24.1 Å². The summed E-state index contributed by atoms with van der Waals surface area (Å²) in [5.74, 6) is -0.235. The Morgan fingerprint density at radius 2 is 2.26 bits per heavy atom. The molecule has 1 aliphatic carbocycles. The molecule has 0 spiro atoms. The summed E-state index contributed by atoms with van der Waals surface area (Å²) in [5.41, 5.74) is 2.52. The first-order chi connectivity index (χ1) is 9.17. The zero-order valence-corrected chi connectivity index (χ0v) is 11.3. The van der Waals surface area contributed by atoms with Crippen LogP contribution in [-0.4, -0.2) is 25.2 Å². The Hall–Kier alpha value is -2.02. The van der Waals surface area contributed by atoms with Crippen LogP contribution in [0.15, 0.2) is 18.2 Å². The van der Waals surface area contributed by atoms with E-state index in [1.165, 1.54) is 0 Å². The maximum Gasteiger partial charge on any atom is 0.325 e. The third kappa shape index (κ3) is 3.05. The lowest BCUT2D eigenvalue weighted by atomic mass is 10.1. The third-order valence-corrected chi connectivity index (χ3v) is 3.24. The van der Waals surface area contributed by atoms with Crippen LogP contribution in [0.1, 0.15) is 30.9 Å². The molecule has 0 bridgehead atoms. The number of hydrogen-bond donors (Lipinski definition) is 0. The summed E-state index contributed by atoms with van der Waals surface area (Å²) in [4.78, 5) is 13.7. The van der Waals surface area contributed by atoms with Crippen molar-refractivity contribution >= 4 is 11.7 Å². The summed E-state index contributed by atoms with van der Waals surface area (Å²) >= 11 is 0. The first-order valence-corrected chi connectivity index (χ1v) is 6.59. The van der Waals surface area contributed by atoms with E-state index in [4.69, 9.17) is 4.74 Å². The van der Waals surface area contributed by atoms with Crippen LogP contribution in [0.2, 0.25) is 0 Å². The molecule has 100 valence electrons. The first kappa shape index (κ1) is 13.4. The number of aryl methyl sites for hydroxylation is 1. The summed E-state index contributed by atoms with van der Waals surface area (Å²) in [6.45, 7) is 4.37. The van der Waals surface area contributed by atoms with Gasteiger partial charge in [-0.15, -0.1) is 0 Å². The Kier molecular flexibility index (Phi) is 4.06. The van der Waals surface area contributed by atoms with E-state index < -0.39 is 0 Å². The number of ether oxygens (including phenoxy) is 1. The number of esters is 1. The fraction of sp³-hybridized carbons (Fsp3) is 0.467. The van der Waals surface area contributed by atoms with E-state index in [9.17, 15) is 10.1 Å². The molecule has 0 radical (unpaired) electrons. The summed E-state index contributed by atoms with van der Waals surface area (Å²) in [6, 6.07) is 8.20. The molecular formula is C15H18N2O2. The molecule has 1 aliphatic rings. The van der Waals surface area contributed by atoms with Gasteiger partial charge in [-0.3, -0.25) is 4.79 Å². The standard InChI is InChI=1S/C15H18N2O2/c1-3-19-14(18)10-17(13-7-8-13)15-11(2)5-4-6-12(15)9-16/h4-6,13H,3,7-8,10H2,1-2H3. The second-order valence-electron chi connectivity index (χ2n) is 4.75. The van der Waals surface area contributed by atoms with Crippen LogP contribution < -0.4 is 4.90 Å². The molecule has 1 aromatic rings. The van der Waals surface area contributed by atoms with Gasteiger partial charge in [-0.2, -0.15) is 5.26 Å². The fourth-order valence-corrected chi connectivity index (χ4v) is 2.25. The largest absolute Gasteiger partial charge is 0.465 e. The highest BCUT2D eigenvalue weighted by Gasteiger charge is 2.32. The molecule has 0 amide bonds. The Balaban J connectivity index is 2.29. The molecule has 0 unspecified atom stereocenters. The van der Waals surface area contributed by atoms with Crippen LogP contribution in [0.25, 0.3) is 0 Å². The van der Waals surface area contributed by atoms with E-state index in [2.05, 4.69) is 6.07 Å². The molecule has 4 nitrogen and oxygen atoms in total. The average molecular weight is 258 g/mol. The van der Waals surface area contributed by atoms with Crippen LogP contribution in [0, 0.1) is 18.3 Å². The fourth-order valence-electron chi connectivity index (χ4n) is 2.25. The van der Waals surface area contributed by atoms with Gasteiger partial charge in [0.2, 0.25) is 0 Å². The van der Waals surface area contributed by atoms with Crippen LogP contribution in [0.3, 0.4) is 0 Å². The van der Waals surface area contributed by atoms with E-state index in [0.29, 0.717) is 18.2 Å². The number of benzene rings is 1. The van der Waals surface area contributed by atoms with Crippen molar-refractivity contribution in [3.05, 3.63) is 29.3 Å². The highest BCUT2D eigenvalue weighted by molar-refractivity contribution is 5.78. The van der Waals surface area contributed by atoms with Crippen LogP contribution in [0.4, 0.5) is 5.69 Å². The van der Waals surface area contributed by atoms with Gasteiger partial charge >= 0.3 is 5.97 Å². The van der Waals surface area contributed by atoms with Gasteiger partial charge in [-0.1, -0.05) is 12.1 Å². The molecule has 0 atom stereocenters. The van der Waals surface area contributed by atoms with Crippen LogP contribution >= 0.6 is 0 Å². The number of nitrogens with zero attached hydrogens (tertiary/aromatic N) is 2. The zero-order chi connectivity index (χ0) is 13.8. The smallest absolute Gasteiger partial charge is 0.325 e. The van der Waals surface area contributed by atoms with Gasteiger partial charge in [-0.25, -0.2) is 0 Å². The predicted molar refractivity (Wildman–Crippen MR) is 72.9 cm³/mol. The lowest BCUT2D eigenvalue weighted by Gasteiger charge is -2.26. The predicted octanol–water partition coefficient (Wildman–Crippen LogP) is 2.40. The van der Waals surface area contributed by atoms with Crippen molar-refractivity contribution in [1.29, 1.82) is 5.26 Å². The maximum atomic E-state index is 11.7. The third-order valence-electron chi connectivity index (χ3n) is 3.24. The molecule has 0 heterocycles. The highest BCUT2D eigenvalue weighted by Crippen LogP contribution is 2.35. The van der Waals surface area contributed by atoms with Crippen LogP contribution in [0.5, 0.6) is 0 Å². The minimum absolute atomic E-state index is 0.220. The number of carbonyl (C=O) groups is 1. The summed E-state index contributed by atoms with van der Waals surface area (Å²) < 4.78 is 5.02. The molecule has 2 rings (SSSR count). The van der Waals surface area contributed by atoms with E-state index in [1.54, 1.807) is 13.0 Å². The van der Waals surface area contributed by atoms with Crippen molar-refractivity contribution < 1.29 is 9.53 Å². The van der Waals surface area contributed by atoms with Gasteiger partial charge in [-0.05, 0) is 38.3 Å². The lowest BCUT2D eigenvalue weighted by Crippen LogP contribution is -2.34. The van der Waals surface area contributed by atoms with E-state index >= 15 is 0 Å². The Morgan fingerprint density at radius 1 is 1.53 bits per heavy atom. The van der Waals surface area contributed by atoms with E-state index in [-0.39, 0.29) is 12.5 Å². The van der Waals surface area contributed by atoms with Crippen molar-refractivity contribution in [2.45, 2.75) is 32.7 Å². The number of nitriles is 1. The minimum Gasteiger partial charge on any atom is -0.465 e. The topological polar surface area (TPSA) is 53.3 Å². The second-order valence-corrected chi connectivity index (χ2v) is 4.75. The molecule has 19 heavy (non-hydrogen) atoms. The summed E-state index contributed by atoms with van der Waals surface area (Å²) in [6.07, 6.45) is 2.14. The quantitative estimate of drug-likeness (QED) is 0.761. The number of para-hydroxylation sites is 1. The number of anilines is 1. The monoisotopic (exact) mass is 258 g/mol. The second kappa shape index (κ2) is 5.75. The molecule has 1 fully saturated rings.